The van der Waals surface area contributed by atoms with E-state index in [0.717, 1.165) is 12.8 Å². The second-order valence-electron chi connectivity index (χ2n) is 6.94. The average molecular weight is 392 g/mol. The molecule has 0 bridgehead atoms. The first-order chi connectivity index (χ1) is 13.5. The van der Waals surface area contributed by atoms with Crippen molar-refractivity contribution < 1.29 is 23.8 Å². The van der Waals surface area contributed by atoms with E-state index in [4.69, 9.17) is 14.2 Å². The van der Waals surface area contributed by atoms with E-state index >= 15 is 0 Å². The summed E-state index contributed by atoms with van der Waals surface area (Å²) in [4.78, 5) is 29.5. The Morgan fingerprint density at radius 3 is 2.50 bits per heavy atom. The number of benzene rings is 1. The third kappa shape index (κ3) is 4.76. The van der Waals surface area contributed by atoms with Gasteiger partial charge in [-0.05, 0) is 25.0 Å². The van der Waals surface area contributed by atoms with Crippen molar-refractivity contribution in [3.05, 3.63) is 18.2 Å². The van der Waals surface area contributed by atoms with Crippen molar-refractivity contribution in [3.63, 3.8) is 0 Å². The number of carbonyl (C=O) groups excluding carboxylic acids is 2. The number of hydrogen-bond donors (Lipinski definition) is 0. The number of hydrogen-bond acceptors (Lipinski definition) is 5. The molecular weight excluding hydrogens is 360 g/mol. The smallest absolute Gasteiger partial charge is 0.228 e. The van der Waals surface area contributed by atoms with E-state index < -0.39 is 0 Å². The van der Waals surface area contributed by atoms with E-state index in [1.807, 2.05) is 4.90 Å². The van der Waals surface area contributed by atoms with Crippen LogP contribution in [0.1, 0.15) is 33.1 Å². The van der Waals surface area contributed by atoms with Crippen molar-refractivity contribution in [3.8, 4) is 11.5 Å². The molecule has 1 unspecified atom stereocenters. The maximum atomic E-state index is 13.2. The zero-order valence-electron chi connectivity index (χ0n) is 17.6. The van der Waals surface area contributed by atoms with E-state index in [1.165, 1.54) is 0 Å². The number of amides is 2. The quantitative estimate of drug-likeness (QED) is 0.612. The lowest BCUT2D eigenvalue weighted by Gasteiger charge is -2.32. The number of anilines is 1. The molecule has 1 aromatic rings. The zero-order chi connectivity index (χ0) is 20.7. The van der Waals surface area contributed by atoms with Gasteiger partial charge in [-0.15, -0.1) is 0 Å². The Labute approximate surface area is 167 Å². The van der Waals surface area contributed by atoms with E-state index in [1.54, 1.807) is 44.4 Å². The maximum absolute atomic E-state index is 13.2. The molecule has 1 aliphatic heterocycles. The van der Waals surface area contributed by atoms with Crippen LogP contribution in [-0.2, 0) is 14.3 Å². The van der Waals surface area contributed by atoms with Gasteiger partial charge in [0.15, 0.2) is 0 Å². The Hall–Kier alpha value is -2.28. The fourth-order valence-electron chi connectivity index (χ4n) is 3.74. The average Bonchev–Trinajstić information content (AvgIpc) is 3.11. The minimum Gasteiger partial charge on any atom is -0.497 e. The first-order valence-electron chi connectivity index (χ1n) is 9.82. The minimum atomic E-state index is -0.374. The minimum absolute atomic E-state index is 0.0171. The Balaban J connectivity index is 2.24. The first kappa shape index (κ1) is 22.0. The molecule has 156 valence electrons. The fourth-order valence-corrected chi connectivity index (χ4v) is 3.74. The van der Waals surface area contributed by atoms with Gasteiger partial charge in [-0.2, -0.15) is 0 Å². The molecule has 2 amide bonds. The van der Waals surface area contributed by atoms with Crippen molar-refractivity contribution in [1.82, 2.24) is 4.90 Å². The molecule has 28 heavy (non-hydrogen) atoms. The molecule has 1 heterocycles. The highest BCUT2D eigenvalue weighted by atomic mass is 16.5. The number of carbonyl (C=O) groups is 2. The van der Waals surface area contributed by atoms with Crippen LogP contribution in [-0.4, -0.2) is 63.8 Å². The van der Waals surface area contributed by atoms with Gasteiger partial charge in [0.1, 0.15) is 11.5 Å². The van der Waals surface area contributed by atoms with Crippen LogP contribution in [0.4, 0.5) is 5.69 Å². The summed E-state index contributed by atoms with van der Waals surface area (Å²) in [5, 5.41) is 0. The van der Waals surface area contributed by atoms with Gasteiger partial charge < -0.3 is 24.0 Å². The lowest BCUT2D eigenvalue weighted by molar-refractivity contribution is -0.139. The Morgan fingerprint density at radius 1 is 1.21 bits per heavy atom. The van der Waals surface area contributed by atoms with Gasteiger partial charge in [0.2, 0.25) is 11.8 Å². The van der Waals surface area contributed by atoms with Crippen molar-refractivity contribution in [2.24, 2.45) is 5.92 Å². The highest BCUT2D eigenvalue weighted by molar-refractivity contribution is 6.01. The second kappa shape index (κ2) is 10.3. The van der Waals surface area contributed by atoms with E-state index in [2.05, 4.69) is 13.8 Å². The number of ether oxygens (including phenoxy) is 3. The number of nitrogens with zero attached hydrogens (tertiary/aromatic N) is 2. The van der Waals surface area contributed by atoms with Crippen LogP contribution in [0, 0.1) is 5.92 Å². The molecule has 1 aliphatic rings. The molecule has 0 N–H and O–H groups in total. The van der Waals surface area contributed by atoms with Gasteiger partial charge in [-0.25, -0.2) is 0 Å². The molecular formula is C21H32N2O5. The Bertz CT molecular complexity index is 675. The molecule has 1 aromatic carbocycles. The highest BCUT2D eigenvalue weighted by Crippen LogP contribution is 2.36. The van der Waals surface area contributed by atoms with Gasteiger partial charge in [-0.1, -0.05) is 13.8 Å². The maximum Gasteiger partial charge on any atom is 0.228 e. The molecule has 1 fully saturated rings. The third-order valence-corrected chi connectivity index (χ3v) is 5.35. The van der Waals surface area contributed by atoms with E-state index in [0.29, 0.717) is 36.9 Å². The predicted molar refractivity (Wildman–Crippen MR) is 108 cm³/mol. The van der Waals surface area contributed by atoms with Crippen molar-refractivity contribution in [2.45, 2.75) is 39.2 Å². The predicted octanol–water partition coefficient (Wildman–Crippen LogP) is 2.72. The van der Waals surface area contributed by atoms with Gasteiger partial charge in [0.05, 0.1) is 32.4 Å². The summed E-state index contributed by atoms with van der Waals surface area (Å²) >= 11 is 0. The van der Waals surface area contributed by atoms with Crippen LogP contribution in [0.2, 0.25) is 0 Å². The van der Waals surface area contributed by atoms with Gasteiger partial charge in [0, 0.05) is 38.7 Å². The summed E-state index contributed by atoms with van der Waals surface area (Å²) < 4.78 is 15.9. The van der Waals surface area contributed by atoms with Crippen LogP contribution in [0.3, 0.4) is 0 Å². The van der Waals surface area contributed by atoms with Crippen LogP contribution in [0.15, 0.2) is 18.2 Å². The molecule has 0 aromatic heterocycles. The molecule has 1 atom stereocenters. The number of rotatable bonds is 10. The second-order valence-corrected chi connectivity index (χ2v) is 6.94. The molecule has 0 spiro atoms. The standard InChI is InChI=1S/C21H32N2O5/c1-6-16(7-2)22(10-11-26-3)21(25)15-12-20(24)23(14-15)18-13-17(27-4)8-9-19(18)28-5/h8-9,13,15-16H,6-7,10-12,14H2,1-5H3. The van der Waals surface area contributed by atoms with E-state index in [9.17, 15) is 9.59 Å². The Morgan fingerprint density at radius 2 is 1.93 bits per heavy atom. The summed E-state index contributed by atoms with van der Waals surface area (Å²) in [5.74, 6) is 0.779. The lowest BCUT2D eigenvalue weighted by Crippen LogP contribution is -2.45. The van der Waals surface area contributed by atoms with Crippen LogP contribution >= 0.6 is 0 Å². The lowest BCUT2D eigenvalue weighted by atomic mass is 10.0. The monoisotopic (exact) mass is 392 g/mol. The summed E-state index contributed by atoms with van der Waals surface area (Å²) in [5.41, 5.74) is 0.633. The van der Waals surface area contributed by atoms with Gasteiger partial charge in [0.25, 0.3) is 0 Å². The SMILES string of the molecule is CCC(CC)N(CCOC)C(=O)C1CC(=O)N(c2cc(OC)ccc2OC)C1. The third-order valence-electron chi connectivity index (χ3n) is 5.35. The molecule has 2 rings (SSSR count). The largest absolute Gasteiger partial charge is 0.497 e. The molecule has 7 heteroatoms. The Kier molecular flexibility index (Phi) is 8.11. The molecule has 0 radical (unpaired) electrons. The van der Waals surface area contributed by atoms with Gasteiger partial charge in [-0.3, -0.25) is 9.59 Å². The summed E-state index contributed by atoms with van der Waals surface area (Å²) in [6.07, 6.45) is 1.95. The van der Waals surface area contributed by atoms with Gasteiger partial charge >= 0.3 is 0 Å². The topological polar surface area (TPSA) is 68.3 Å². The van der Waals surface area contributed by atoms with E-state index in [-0.39, 0.29) is 30.2 Å². The summed E-state index contributed by atoms with van der Waals surface area (Å²) in [6, 6.07) is 5.47. The summed E-state index contributed by atoms with van der Waals surface area (Å²) in [6.45, 7) is 5.51. The molecule has 0 saturated carbocycles. The summed E-state index contributed by atoms with van der Waals surface area (Å²) in [7, 11) is 4.77. The van der Waals surface area contributed by atoms with Crippen LogP contribution in [0.25, 0.3) is 0 Å². The normalized spacial score (nSPS) is 16.6. The fraction of sp³-hybridized carbons (Fsp3) is 0.619. The van der Waals surface area contributed by atoms with Crippen molar-refractivity contribution in [1.29, 1.82) is 0 Å². The number of methoxy groups -OCH3 is 3. The molecule has 1 saturated heterocycles. The van der Waals surface area contributed by atoms with Crippen molar-refractivity contribution in [2.75, 3.05) is 45.9 Å². The van der Waals surface area contributed by atoms with Crippen LogP contribution < -0.4 is 14.4 Å². The zero-order valence-corrected chi connectivity index (χ0v) is 17.6. The highest BCUT2D eigenvalue weighted by Gasteiger charge is 2.39. The molecule has 0 aliphatic carbocycles. The first-order valence-corrected chi connectivity index (χ1v) is 9.82. The van der Waals surface area contributed by atoms with Crippen LogP contribution in [0.5, 0.6) is 11.5 Å². The molecule has 7 nitrogen and oxygen atoms in total. The van der Waals surface area contributed by atoms with Crippen molar-refractivity contribution >= 4 is 17.5 Å².